The molecule has 1 heterocycles. The monoisotopic (exact) mass is 283 g/mol. The van der Waals surface area contributed by atoms with Crippen LogP contribution in [0.4, 0.5) is 0 Å². The molecule has 3 nitrogen and oxygen atoms in total. The van der Waals surface area contributed by atoms with Gasteiger partial charge in [-0.1, -0.05) is 30.3 Å². The summed E-state index contributed by atoms with van der Waals surface area (Å²) >= 11 is 0. The lowest BCUT2D eigenvalue weighted by Gasteiger charge is -2.00. The number of nitrogens with zero attached hydrogens (tertiary/aromatic N) is 1. The van der Waals surface area contributed by atoms with Crippen LogP contribution < -0.4 is 0 Å². The third kappa shape index (κ3) is 5.03. The molecule has 110 valence electrons. The fourth-order valence-corrected chi connectivity index (χ4v) is 2.14. The summed E-state index contributed by atoms with van der Waals surface area (Å²) < 4.78 is 4.89. The number of carbonyl (C=O) groups excluding carboxylic acids is 1. The van der Waals surface area contributed by atoms with Crippen molar-refractivity contribution >= 4 is 22.9 Å². The summed E-state index contributed by atoms with van der Waals surface area (Å²) in [5.74, 6) is -0.0994. The summed E-state index contributed by atoms with van der Waals surface area (Å²) in [5.41, 5.74) is 1.99. The maximum absolute atomic E-state index is 11.2. The summed E-state index contributed by atoms with van der Waals surface area (Å²) in [6, 6.07) is 12.2. The molecule has 1 aromatic heterocycles. The molecule has 0 amide bonds. The van der Waals surface area contributed by atoms with Crippen LogP contribution in [0.1, 0.15) is 38.3 Å². The first-order chi connectivity index (χ1) is 10.3. The Bertz CT molecular complexity index is 619. The summed E-state index contributed by atoms with van der Waals surface area (Å²) in [5, 5.41) is 1.16. The SMILES string of the molecule is CCOC(=O)CCCCC=Cc1ccc2ccccc2n1. The number of benzene rings is 1. The van der Waals surface area contributed by atoms with E-state index in [-0.39, 0.29) is 5.97 Å². The van der Waals surface area contributed by atoms with E-state index >= 15 is 0 Å². The van der Waals surface area contributed by atoms with Crippen LogP contribution in [0.15, 0.2) is 42.5 Å². The van der Waals surface area contributed by atoms with E-state index in [1.807, 2.05) is 37.3 Å². The number of rotatable bonds is 7. The van der Waals surface area contributed by atoms with Gasteiger partial charge >= 0.3 is 5.97 Å². The third-order valence-electron chi connectivity index (χ3n) is 3.22. The van der Waals surface area contributed by atoms with Gasteiger partial charge in [0.2, 0.25) is 0 Å². The number of aromatic nitrogens is 1. The van der Waals surface area contributed by atoms with Crippen molar-refractivity contribution in [3.05, 3.63) is 48.2 Å². The van der Waals surface area contributed by atoms with Gasteiger partial charge in [0.1, 0.15) is 0 Å². The van der Waals surface area contributed by atoms with E-state index in [1.54, 1.807) is 0 Å². The number of ether oxygens (including phenoxy) is 1. The fraction of sp³-hybridized carbons (Fsp3) is 0.333. The predicted octanol–water partition coefficient (Wildman–Crippen LogP) is 4.37. The molecule has 2 aromatic rings. The van der Waals surface area contributed by atoms with Crippen LogP contribution in [0, 0.1) is 0 Å². The van der Waals surface area contributed by atoms with Gasteiger partial charge in [0, 0.05) is 11.8 Å². The summed E-state index contributed by atoms with van der Waals surface area (Å²) in [6.07, 6.45) is 7.47. The molecule has 0 saturated carbocycles. The molecule has 0 bridgehead atoms. The standard InChI is InChI=1S/C18H21NO2/c1-2-21-18(20)12-6-4-3-5-10-16-14-13-15-9-7-8-11-17(15)19-16/h5,7-11,13-14H,2-4,6,12H2,1H3. The minimum Gasteiger partial charge on any atom is -0.466 e. The number of hydrogen-bond donors (Lipinski definition) is 0. The zero-order valence-corrected chi connectivity index (χ0v) is 12.4. The van der Waals surface area contributed by atoms with Crippen molar-refractivity contribution < 1.29 is 9.53 Å². The molecule has 0 aliphatic heterocycles. The first-order valence-corrected chi connectivity index (χ1v) is 7.47. The number of para-hydroxylation sites is 1. The largest absolute Gasteiger partial charge is 0.466 e. The molecule has 0 fully saturated rings. The number of allylic oxidation sites excluding steroid dienone is 1. The second-order valence-corrected chi connectivity index (χ2v) is 4.88. The van der Waals surface area contributed by atoms with E-state index in [9.17, 15) is 4.79 Å². The third-order valence-corrected chi connectivity index (χ3v) is 3.22. The normalized spacial score (nSPS) is 11.1. The fourth-order valence-electron chi connectivity index (χ4n) is 2.14. The van der Waals surface area contributed by atoms with Crippen molar-refractivity contribution in [2.24, 2.45) is 0 Å². The number of carbonyl (C=O) groups is 1. The maximum Gasteiger partial charge on any atom is 0.305 e. The van der Waals surface area contributed by atoms with Gasteiger partial charge in [0.25, 0.3) is 0 Å². The van der Waals surface area contributed by atoms with Gasteiger partial charge in [-0.25, -0.2) is 4.98 Å². The molecule has 0 aliphatic carbocycles. The summed E-state index contributed by atoms with van der Waals surface area (Å²) in [4.78, 5) is 15.8. The van der Waals surface area contributed by atoms with Crippen LogP contribution in [0.25, 0.3) is 17.0 Å². The number of esters is 1. The second-order valence-electron chi connectivity index (χ2n) is 4.88. The minimum absolute atomic E-state index is 0.0994. The van der Waals surface area contributed by atoms with Crippen LogP contribution in [0.3, 0.4) is 0 Å². The van der Waals surface area contributed by atoms with Gasteiger partial charge in [-0.05, 0) is 44.4 Å². The van der Waals surface area contributed by atoms with Crippen molar-refractivity contribution in [3.63, 3.8) is 0 Å². The first kappa shape index (κ1) is 15.2. The molecular formula is C18H21NO2. The van der Waals surface area contributed by atoms with Gasteiger partial charge in [-0.2, -0.15) is 0 Å². The van der Waals surface area contributed by atoms with Gasteiger partial charge < -0.3 is 4.74 Å². The highest BCUT2D eigenvalue weighted by atomic mass is 16.5. The molecule has 0 N–H and O–H groups in total. The molecule has 2 rings (SSSR count). The molecule has 0 radical (unpaired) electrons. The van der Waals surface area contributed by atoms with Crippen molar-refractivity contribution in [3.8, 4) is 0 Å². The highest BCUT2D eigenvalue weighted by molar-refractivity contribution is 5.79. The Kier molecular flexibility index (Phi) is 5.95. The van der Waals surface area contributed by atoms with E-state index in [1.165, 1.54) is 0 Å². The number of pyridine rings is 1. The van der Waals surface area contributed by atoms with Gasteiger partial charge in [-0.15, -0.1) is 0 Å². The molecule has 1 aromatic carbocycles. The van der Waals surface area contributed by atoms with Crippen molar-refractivity contribution in [1.82, 2.24) is 4.98 Å². The average molecular weight is 283 g/mol. The lowest BCUT2D eigenvalue weighted by atomic mass is 10.1. The van der Waals surface area contributed by atoms with E-state index < -0.39 is 0 Å². The lowest BCUT2D eigenvalue weighted by molar-refractivity contribution is -0.143. The van der Waals surface area contributed by atoms with Crippen molar-refractivity contribution in [2.45, 2.75) is 32.6 Å². The number of hydrogen-bond acceptors (Lipinski definition) is 3. The average Bonchev–Trinajstić information content (AvgIpc) is 2.51. The van der Waals surface area contributed by atoms with Crippen LogP contribution >= 0.6 is 0 Å². The van der Waals surface area contributed by atoms with Gasteiger partial charge in [0.15, 0.2) is 0 Å². The van der Waals surface area contributed by atoms with Crippen molar-refractivity contribution in [1.29, 1.82) is 0 Å². The molecular weight excluding hydrogens is 262 g/mol. The highest BCUT2D eigenvalue weighted by Crippen LogP contribution is 2.13. The van der Waals surface area contributed by atoms with E-state index in [0.29, 0.717) is 13.0 Å². The van der Waals surface area contributed by atoms with Crippen LogP contribution in [-0.4, -0.2) is 17.6 Å². The molecule has 0 unspecified atom stereocenters. The molecule has 21 heavy (non-hydrogen) atoms. The molecule has 0 atom stereocenters. The Morgan fingerprint density at radius 2 is 2.05 bits per heavy atom. The number of unbranched alkanes of at least 4 members (excludes halogenated alkanes) is 2. The van der Waals surface area contributed by atoms with Gasteiger partial charge in [0.05, 0.1) is 17.8 Å². The molecule has 3 heteroatoms. The Morgan fingerprint density at radius 3 is 2.90 bits per heavy atom. The van der Waals surface area contributed by atoms with Crippen LogP contribution in [-0.2, 0) is 9.53 Å². The Labute approximate surface area is 125 Å². The summed E-state index contributed by atoms with van der Waals surface area (Å²) in [6.45, 7) is 2.30. The highest BCUT2D eigenvalue weighted by Gasteiger charge is 1.99. The lowest BCUT2D eigenvalue weighted by Crippen LogP contribution is -2.02. The van der Waals surface area contributed by atoms with Gasteiger partial charge in [-0.3, -0.25) is 4.79 Å². The Hall–Kier alpha value is -2.16. The first-order valence-electron chi connectivity index (χ1n) is 7.47. The smallest absolute Gasteiger partial charge is 0.305 e. The van der Waals surface area contributed by atoms with Crippen molar-refractivity contribution in [2.75, 3.05) is 6.61 Å². The van der Waals surface area contributed by atoms with E-state index in [2.05, 4.69) is 23.2 Å². The maximum atomic E-state index is 11.2. The Balaban J connectivity index is 1.77. The molecule has 0 saturated heterocycles. The van der Waals surface area contributed by atoms with E-state index in [4.69, 9.17) is 4.74 Å². The molecule has 0 aliphatic rings. The molecule has 0 spiro atoms. The minimum atomic E-state index is -0.0994. The Morgan fingerprint density at radius 1 is 1.19 bits per heavy atom. The van der Waals surface area contributed by atoms with Crippen LogP contribution in [0.2, 0.25) is 0 Å². The quantitative estimate of drug-likeness (QED) is 0.559. The second kappa shape index (κ2) is 8.20. The van der Waals surface area contributed by atoms with E-state index in [0.717, 1.165) is 35.9 Å². The zero-order valence-electron chi connectivity index (χ0n) is 12.4. The zero-order chi connectivity index (χ0) is 14.9. The number of fused-ring (bicyclic) bond motifs is 1. The van der Waals surface area contributed by atoms with Crippen LogP contribution in [0.5, 0.6) is 0 Å². The topological polar surface area (TPSA) is 39.2 Å². The predicted molar refractivity (Wildman–Crippen MR) is 85.9 cm³/mol. The summed E-state index contributed by atoms with van der Waals surface area (Å²) in [7, 11) is 0.